The Hall–Kier alpha value is -2.86. The average Bonchev–Trinajstić information content (AvgIpc) is 2.72. The highest BCUT2D eigenvalue weighted by atomic mass is 16.5. The predicted octanol–water partition coefficient (Wildman–Crippen LogP) is 3.57. The minimum atomic E-state index is 0.0126. The van der Waals surface area contributed by atoms with Gasteiger partial charge in [-0.05, 0) is 41.5 Å². The lowest BCUT2D eigenvalue weighted by Gasteiger charge is -2.34. The van der Waals surface area contributed by atoms with E-state index in [9.17, 15) is 0 Å². The maximum absolute atomic E-state index is 6.07. The van der Waals surface area contributed by atoms with Crippen molar-refractivity contribution >= 4 is 22.5 Å². The lowest BCUT2D eigenvalue weighted by Crippen LogP contribution is -2.39. The Morgan fingerprint density at radius 2 is 1.93 bits per heavy atom. The molecule has 1 fully saturated rings. The summed E-state index contributed by atoms with van der Waals surface area (Å²) in [5.41, 5.74) is 2.13. The Kier molecular flexibility index (Phi) is 4.81. The van der Waals surface area contributed by atoms with E-state index in [0.29, 0.717) is 12.6 Å². The highest BCUT2D eigenvalue weighted by molar-refractivity contribution is 5.84. The largest absolute Gasteiger partial charge is 0.497 e. The van der Waals surface area contributed by atoms with Crippen LogP contribution in [-0.2, 0) is 4.74 Å². The average molecular weight is 364 g/mol. The van der Waals surface area contributed by atoms with E-state index >= 15 is 0 Å². The minimum Gasteiger partial charge on any atom is -0.497 e. The first-order valence-corrected chi connectivity index (χ1v) is 9.14. The van der Waals surface area contributed by atoms with Crippen LogP contribution in [0.1, 0.15) is 17.4 Å². The standard InChI is InChI=1S/C21H24N4O2/c1-14-10-20(24-21(22-2)23-14)25-8-9-27-19(13-25)17-5-4-16-12-18(26-3)7-6-15(16)11-17/h4-7,10-12,19H,8-9,13H2,1-3H3,(H,22,23,24)/t19-/m0/s1. The highest BCUT2D eigenvalue weighted by Crippen LogP contribution is 2.29. The summed E-state index contributed by atoms with van der Waals surface area (Å²) in [4.78, 5) is 11.3. The normalized spacial score (nSPS) is 17.1. The maximum atomic E-state index is 6.07. The number of ether oxygens (including phenoxy) is 2. The molecular weight excluding hydrogens is 340 g/mol. The third-order valence-electron chi connectivity index (χ3n) is 4.90. The van der Waals surface area contributed by atoms with E-state index in [0.717, 1.165) is 35.7 Å². The SMILES string of the molecule is CNc1nc(C)cc(N2CCO[C@H](c3ccc4cc(OC)ccc4c3)C2)n1. The van der Waals surface area contributed by atoms with Crippen LogP contribution in [0.25, 0.3) is 10.8 Å². The van der Waals surface area contributed by atoms with Crippen molar-refractivity contribution in [2.45, 2.75) is 13.0 Å². The van der Waals surface area contributed by atoms with Gasteiger partial charge in [-0.2, -0.15) is 4.98 Å². The van der Waals surface area contributed by atoms with Gasteiger partial charge in [-0.1, -0.05) is 18.2 Å². The predicted molar refractivity (Wildman–Crippen MR) is 108 cm³/mol. The minimum absolute atomic E-state index is 0.0126. The van der Waals surface area contributed by atoms with E-state index in [1.165, 1.54) is 10.9 Å². The molecular formula is C21H24N4O2. The number of anilines is 2. The van der Waals surface area contributed by atoms with Gasteiger partial charge in [-0.15, -0.1) is 0 Å². The highest BCUT2D eigenvalue weighted by Gasteiger charge is 2.23. The molecule has 0 bridgehead atoms. The number of benzene rings is 2. The number of hydrogen-bond donors (Lipinski definition) is 1. The van der Waals surface area contributed by atoms with Crippen molar-refractivity contribution in [2.24, 2.45) is 0 Å². The van der Waals surface area contributed by atoms with Gasteiger partial charge in [0.25, 0.3) is 0 Å². The van der Waals surface area contributed by atoms with Crippen molar-refractivity contribution in [2.75, 3.05) is 44.1 Å². The van der Waals surface area contributed by atoms with Crippen LogP contribution in [0.15, 0.2) is 42.5 Å². The number of aromatic nitrogens is 2. The first-order chi connectivity index (χ1) is 13.2. The summed E-state index contributed by atoms with van der Waals surface area (Å²) in [6.45, 7) is 4.24. The second-order valence-corrected chi connectivity index (χ2v) is 6.72. The van der Waals surface area contributed by atoms with E-state index in [1.54, 1.807) is 7.11 Å². The van der Waals surface area contributed by atoms with Gasteiger partial charge in [0.2, 0.25) is 5.95 Å². The summed E-state index contributed by atoms with van der Waals surface area (Å²) in [5, 5.41) is 5.38. The van der Waals surface area contributed by atoms with Crippen LogP contribution in [0.5, 0.6) is 5.75 Å². The van der Waals surface area contributed by atoms with Crippen molar-refractivity contribution in [3.05, 3.63) is 53.7 Å². The van der Waals surface area contributed by atoms with Crippen LogP contribution in [0.4, 0.5) is 11.8 Å². The zero-order chi connectivity index (χ0) is 18.8. The van der Waals surface area contributed by atoms with Crippen LogP contribution >= 0.6 is 0 Å². The molecule has 0 radical (unpaired) electrons. The van der Waals surface area contributed by atoms with Crippen molar-refractivity contribution < 1.29 is 9.47 Å². The molecule has 6 nitrogen and oxygen atoms in total. The van der Waals surface area contributed by atoms with Gasteiger partial charge in [0.15, 0.2) is 0 Å². The number of morpholine rings is 1. The fraction of sp³-hybridized carbons (Fsp3) is 0.333. The van der Waals surface area contributed by atoms with Gasteiger partial charge in [-0.25, -0.2) is 4.98 Å². The quantitative estimate of drug-likeness (QED) is 0.764. The molecule has 1 saturated heterocycles. The molecule has 1 atom stereocenters. The van der Waals surface area contributed by atoms with Crippen LogP contribution in [-0.4, -0.2) is 43.8 Å². The number of fused-ring (bicyclic) bond motifs is 1. The topological polar surface area (TPSA) is 59.5 Å². The van der Waals surface area contributed by atoms with Crippen LogP contribution in [0, 0.1) is 6.92 Å². The van der Waals surface area contributed by atoms with E-state index in [2.05, 4.69) is 50.5 Å². The Balaban J connectivity index is 1.59. The molecule has 0 saturated carbocycles. The first-order valence-electron chi connectivity index (χ1n) is 9.14. The number of aryl methyl sites for hydroxylation is 1. The molecule has 1 N–H and O–H groups in total. The van der Waals surface area contributed by atoms with Crippen LogP contribution in [0.2, 0.25) is 0 Å². The lowest BCUT2D eigenvalue weighted by atomic mass is 10.0. The number of nitrogens with zero attached hydrogens (tertiary/aromatic N) is 3. The van der Waals surface area contributed by atoms with Gasteiger partial charge in [-0.3, -0.25) is 0 Å². The Bertz CT molecular complexity index is 960. The number of nitrogens with one attached hydrogen (secondary N) is 1. The fourth-order valence-electron chi connectivity index (χ4n) is 3.45. The molecule has 2 heterocycles. The molecule has 0 aliphatic carbocycles. The Labute approximate surface area is 159 Å². The zero-order valence-corrected chi connectivity index (χ0v) is 15.9. The smallest absolute Gasteiger partial charge is 0.224 e. The van der Waals surface area contributed by atoms with Crippen LogP contribution < -0.4 is 15.0 Å². The molecule has 1 aliphatic rings. The third kappa shape index (κ3) is 3.66. The molecule has 1 aromatic heterocycles. The summed E-state index contributed by atoms with van der Waals surface area (Å²) in [5.74, 6) is 2.45. The summed E-state index contributed by atoms with van der Waals surface area (Å²) in [7, 11) is 3.53. The fourth-order valence-corrected chi connectivity index (χ4v) is 3.45. The van der Waals surface area contributed by atoms with Crippen molar-refractivity contribution in [1.29, 1.82) is 0 Å². The number of hydrogen-bond acceptors (Lipinski definition) is 6. The van der Waals surface area contributed by atoms with Gasteiger partial charge in [0, 0.05) is 31.9 Å². The van der Waals surface area contributed by atoms with Crippen molar-refractivity contribution in [1.82, 2.24) is 9.97 Å². The molecule has 4 rings (SSSR count). The third-order valence-corrected chi connectivity index (χ3v) is 4.90. The van der Waals surface area contributed by atoms with Gasteiger partial charge >= 0.3 is 0 Å². The summed E-state index contributed by atoms with van der Waals surface area (Å²) in [6.07, 6.45) is 0.0126. The first kappa shape index (κ1) is 17.5. The monoisotopic (exact) mass is 364 g/mol. The molecule has 2 aromatic carbocycles. The number of rotatable bonds is 4. The van der Waals surface area contributed by atoms with Gasteiger partial charge < -0.3 is 19.7 Å². The molecule has 1 aliphatic heterocycles. The summed E-state index contributed by atoms with van der Waals surface area (Å²) in [6, 6.07) is 14.6. The van der Waals surface area contributed by atoms with E-state index in [-0.39, 0.29) is 6.10 Å². The molecule has 27 heavy (non-hydrogen) atoms. The zero-order valence-electron chi connectivity index (χ0n) is 15.9. The second-order valence-electron chi connectivity index (χ2n) is 6.72. The molecule has 0 amide bonds. The molecule has 3 aromatic rings. The van der Waals surface area contributed by atoms with E-state index in [4.69, 9.17) is 9.47 Å². The Morgan fingerprint density at radius 1 is 1.11 bits per heavy atom. The Morgan fingerprint density at radius 3 is 2.74 bits per heavy atom. The van der Waals surface area contributed by atoms with E-state index < -0.39 is 0 Å². The second kappa shape index (κ2) is 7.40. The maximum Gasteiger partial charge on any atom is 0.224 e. The van der Waals surface area contributed by atoms with Gasteiger partial charge in [0.05, 0.1) is 13.7 Å². The van der Waals surface area contributed by atoms with Crippen molar-refractivity contribution in [3.8, 4) is 5.75 Å². The van der Waals surface area contributed by atoms with Gasteiger partial charge in [0.1, 0.15) is 17.7 Å². The molecule has 0 unspecified atom stereocenters. The lowest BCUT2D eigenvalue weighted by molar-refractivity contribution is 0.0396. The molecule has 6 heteroatoms. The molecule has 140 valence electrons. The summed E-state index contributed by atoms with van der Waals surface area (Å²) < 4.78 is 11.4. The molecule has 0 spiro atoms. The number of methoxy groups -OCH3 is 1. The summed E-state index contributed by atoms with van der Waals surface area (Å²) >= 11 is 0. The van der Waals surface area contributed by atoms with Crippen LogP contribution in [0.3, 0.4) is 0 Å². The van der Waals surface area contributed by atoms with Crippen molar-refractivity contribution in [3.63, 3.8) is 0 Å². The van der Waals surface area contributed by atoms with E-state index in [1.807, 2.05) is 26.1 Å².